The van der Waals surface area contributed by atoms with E-state index in [1.165, 1.54) is 12.1 Å². The molecule has 0 fully saturated rings. The Bertz CT molecular complexity index is 515. The minimum atomic E-state index is -0.679. The molecule has 0 spiro atoms. The number of hydrogen-bond donors (Lipinski definition) is 1. The molecule has 6 heteroatoms. The molecule has 0 heterocycles. The molecule has 0 atom stereocenters. The Kier molecular flexibility index (Phi) is 5.84. The van der Waals surface area contributed by atoms with Crippen LogP contribution < -0.4 is 5.32 Å². The third-order valence-corrected chi connectivity index (χ3v) is 3.41. The number of benzene rings is 1. The average molecular weight is 318 g/mol. The van der Waals surface area contributed by atoms with Gasteiger partial charge in [0.2, 0.25) is 0 Å². The van der Waals surface area contributed by atoms with E-state index in [0.717, 1.165) is 6.42 Å². The number of amides is 1. The highest BCUT2D eigenvalue weighted by atomic mass is 35.5. The van der Waals surface area contributed by atoms with Crippen molar-refractivity contribution in [2.24, 2.45) is 0 Å². The second-order valence-corrected chi connectivity index (χ2v) is 5.83. The number of esters is 1. The smallest absolute Gasteiger partial charge is 0.340 e. The predicted octanol–water partition coefficient (Wildman–Crippen LogP) is 3.46. The molecule has 0 bridgehead atoms. The lowest BCUT2D eigenvalue weighted by atomic mass is 10.0. The minimum Gasteiger partial charge on any atom is -0.452 e. The van der Waals surface area contributed by atoms with Crippen LogP contribution in [0.15, 0.2) is 18.2 Å². The largest absolute Gasteiger partial charge is 0.452 e. The number of carbonyl (C=O) groups excluding carboxylic acids is 2. The van der Waals surface area contributed by atoms with E-state index >= 15 is 0 Å². The summed E-state index contributed by atoms with van der Waals surface area (Å²) in [4.78, 5) is 23.5. The Morgan fingerprint density at radius 3 is 2.55 bits per heavy atom. The van der Waals surface area contributed by atoms with Crippen molar-refractivity contribution in [2.45, 2.75) is 32.7 Å². The van der Waals surface area contributed by atoms with E-state index in [4.69, 9.17) is 27.9 Å². The van der Waals surface area contributed by atoms with Crippen LogP contribution >= 0.6 is 23.2 Å². The number of hydrogen-bond acceptors (Lipinski definition) is 3. The summed E-state index contributed by atoms with van der Waals surface area (Å²) in [5.41, 5.74) is -0.196. The molecule has 1 N–H and O–H groups in total. The van der Waals surface area contributed by atoms with Gasteiger partial charge < -0.3 is 10.1 Å². The molecule has 0 unspecified atom stereocenters. The first kappa shape index (κ1) is 16.8. The summed E-state index contributed by atoms with van der Waals surface area (Å²) >= 11 is 11.7. The number of ether oxygens (including phenoxy) is 1. The normalized spacial score (nSPS) is 11.1. The zero-order valence-corrected chi connectivity index (χ0v) is 13.1. The molecule has 1 amide bonds. The maximum atomic E-state index is 11.8. The van der Waals surface area contributed by atoms with Crippen LogP contribution in [0.2, 0.25) is 10.0 Å². The van der Waals surface area contributed by atoms with E-state index in [2.05, 4.69) is 5.32 Å². The Balaban J connectivity index is 2.60. The molecule has 0 saturated heterocycles. The van der Waals surface area contributed by atoms with Gasteiger partial charge in [0.05, 0.1) is 10.6 Å². The standard InChI is InChI=1S/C14H17Cl2NO3/c1-4-14(2,3)17-12(18)8-20-13(19)10-7-9(15)5-6-11(10)16/h5-7H,4,8H2,1-3H3,(H,17,18). The zero-order valence-electron chi connectivity index (χ0n) is 11.6. The van der Waals surface area contributed by atoms with Gasteiger partial charge in [-0.15, -0.1) is 0 Å². The van der Waals surface area contributed by atoms with E-state index in [9.17, 15) is 9.59 Å². The monoisotopic (exact) mass is 317 g/mol. The van der Waals surface area contributed by atoms with Gasteiger partial charge in [-0.25, -0.2) is 4.79 Å². The zero-order chi connectivity index (χ0) is 15.3. The Hall–Kier alpha value is -1.26. The number of nitrogens with one attached hydrogen (secondary N) is 1. The summed E-state index contributed by atoms with van der Waals surface area (Å²) in [5, 5.41) is 3.37. The molecule has 1 aromatic carbocycles. The van der Waals surface area contributed by atoms with Gasteiger partial charge in [0.1, 0.15) is 0 Å². The third-order valence-electron chi connectivity index (χ3n) is 2.84. The van der Waals surface area contributed by atoms with Crippen LogP contribution in [-0.4, -0.2) is 24.0 Å². The molecule has 1 rings (SSSR count). The summed E-state index contributed by atoms with van der Waals surface area (Å²) < 4.78 is 4.92. The molecule has 0 aliphatic heterocycles. The van der Waals surface area contributed by atoms with Crippen molar-refractivity contribution in [1.29, 1.82) is 0 Å². The molecular formula is C14H17Cl2NO3. The number of rotatable bonds is 5. The first-order valence-corrected chi connectivity index (χ1v) is 6.94. The van der Waals surface area contributed by atoms with Gasteiger partial charge in [-0.1, -0.05) is 30.1 Å². The quantitative estimate of drug-likeness (QED) is 0.846. The van der Waals surface area contributed by atoms with E-state index in [1.54, 1.807) is 6.07 Å². The fourth-order valence-corrected chi connectivity index (χ4v) is 1.73. The van der Waals surface area contributed by atoms with Crippen molar-refractivity contribution in [1.82, 2.24) is 5.32 Å². The van der Waals surface area contributed by atoms with Crippen LogP contribution in [0.5, 0.6) is 0 Å². The van der Waals surface area contributed by atoms with Crippen molar-refractivity contribution in [3.05, 3.63) is 33.8 Å². The lowest BCUT2D eigenvalue weighted by Crippen LogP contribution is -2.44. The predicted molar refractivity (Wildman–Crippen MR) is 79.3 cm³/mol. The second-order valence-electron chi connectivity index (χ2n) is 4.99. The SMILES string of the molecule is CCC(C)(C)NC(=O)COC(=O)c1cc(Cl)ccc1Cl. The van der Waals surface area contributed by atoms with Crippen molar-refractivity contribution in [3.63, 3.8) is 0 Å². The van der Waals surface area contributed by atoms with Gasteiger partial charge >= 0.3 is 5.97 Å². The summed E-state index contributed by atoms with van der Waals surface area (Å²) in [5.74, 6) is -1.04. The van der Waals surface area contributed by atoms with E-state index in [-0.39, 0.29) is 28.6 Å². The summed E-state index contributed by atoms with van der Waals surface area (Å²) in [6.45, 7) is 5.38. The Morgan fingerprint density at radius 2 is 1.95 bits per heavy atom. The molecule has 0 aliphatic rings. The van der Waals surface area contributed by atoms with Gasteiger partial charge in [0.25, 0.3) is 5.91 Å². The molecule has 4 nitrogen and oxygen atoms in total. The van der Waals surface area contributed by atoms with Gasteiger partial charge in [0.15, 0.2) is 6.61 Å². The van der Waals surface area contributed by atoms with Crippen molar-refractivity contribution in [3.8, 4) is 0 Å². The minimum absolute atomic E-state index is 0.140. The highest BCUT2D eigenvalue weighted by Crippen LogP contribution is 2.21. The first-order valence-electron chi connectivity index (χ1n) is 6.18. The molecule has 110 valence electrons. The lowest BCUT2D eigenvalue weighted by molar-refractivity contribution is -0.125. The van der Waals surface area contributed by atoms with E-state index in [0.29, 0.717) is 5.02 Å². The molecule has 0 aromatic heterocycles. The van der Waals surface area contributed by atoms with E-state index in [1.807, 2.05) is 20.8 Å². The summed E-state index contributed by atoms with van der Waals surface area (Å²) in [6, 6.07) is 4.47. The van der Waals surface area contributed by atoms with Gasteiger partial charge in [-0.3, -0.25) is 4.79 Å². The maximum absolute atomic E-state index is 11.8. The van der Waals surface area contributed by atoms with Crippen LogP contribution in [0.3, 0.4) is 0 Å². The van der Waals surface area contributed by atoms with Crippen LogP contribution in [-0.2, 0) is 9.53 Å². The molecule has 0 saturated carbocycles. The Morgan fingerprint density at radius 1 is 1.30 bits per heavy atom. The highest BCUT2D eigenvalue weighted by Gasteiger charge is 2.19. The first-order chi connectivity index (χ1) is 9.25. The topological polar surface area (TPSA) is 55.4 Å². The van der Waals surface area contributed by atoms with Gasteiger partial charge in [0, 0.05) is 10.6 Å². The van der Waals surface area contributed by atoms with Crippen LogP contribution in [0.25, 0.3) is 0 Å². The number of halogens is 2. The average Bonchev–Trinajstić information content (AvgIpc) is 2.38. The second kappa shape index (κ2) is 6.95. The Labute approximate surface area is 128 Å². The van der Waals surface area contributed by atoms with Crippen molar-refractivity contribution in [2.75, 3.05) is 6.61 Å². The van der Waals surface area contributed by atoms with Crippen LogP contribution in [0.1, 0.15) is 37.6 Å². The molecule has 20 heavy (non-hydrogen) atoms. The number of carbonyl (C=O) groups is 2. The van der Waals surface area contributed by atoms with Crippen molar-refractivity contribution >= 4 is 35.1 Å². The van der Waals surface area contributed by atoms with Crippen molar-refractivity contribution < 1.29 is 14.3 Å². The van der Waals surface area contributed by atoms with Crippen LogP contribution in [0.4, 0.5) is 0 Å². The summed E-state index contributed by atoms with van der Waals surface area (Å²) in [7, 11) is 0. The fraction of sp³-hybridized carbons (Fsp3) is 0.429. The molecule has 1 aromatic rings. The highest BCUT2D eigenvalue weighted by molar-refractivity contribution is 6.35. The molecule has 0 radical (unpaired) electrons. The summed E-state index contributed by atoms with van der Waals surface area (Å²) in [6.07, 6.45) is 0.771. The van der Waals surface area contributed by atoms with Gasteiger partial charge in [-0.2, -0.15) is 0 Å². The van der Waals surface area contributed by atoms with Gasteiger partial charge in [-0.05, 0) is 38.5 Å². The van der Waals surface area contributed by atoms with Crippen LogP contribution in [0, 0.1) is 0 Å². The van der Waals surface area contributed by atoms with E-state index < -0.39 is 5.97 Å². The fourth-order valence-electron chi connectivity index (χ4n) is 1.36. The maximum Gasteiger partial charge on any atom is 0.340 e. The molecular weight excluding hydrogens is 301 g/mol. The molecule has 0 aliphatic carbocycles. The third kappa shape index (κ3) is 5.02. The lowest BCUT2D eigenvalue weighted by Gasteiger charge is -2.24.